The Balaban J connectivity index is 1.64. The molecule has 1 N–H and O–H groups in total. The molecule has 1 aliphatic carbocycles. The van der Waals surface area contributed by atoms with Gasteiger partial charge in [-0.15, -0.1) is 11.3 Å². The van der Waals surface area contributed by atoms with Gasteiger partial charge in [-0.05, 0) is 29.1 Å². The molecule has 2 aromatic heterocycles. The molecule has 0 unspecified atom stereocenters. The van der Waals surface area contributed by atoms with Crippen LogP contribution >= 0.6 is 22.9 Å². The van der Waals surface area contributed by atoms with Gasteiger partial charge in [0, 0.05) is 27.9 Å². The lowest BCUT2D eigenvalue weighted by molar-refractivity contribution is -0.123. The molecule has 3 aromatic rings. The molecule has 0 spiro atoms. The van der Waals surface area contributed by atoms with Gasteiger partial charge in [0.2, 0.25) is 5.95 Å². The van der Waals surface area contributed by atoms with Crippen LogP contribution < -0.4 is 5.32 Å². The molecule has 7 heteroatoms. The summed E-state index contributed by atoms with van der Waals surface area (Å²) in [4.78, 5) is 18.7. The SMILES string of the molecule is O=C1C[C@H](c2cccs2)C=C2Nc3ncnn3[C@@H](c3cccc(Cl)c3)[C@H]12. The lowest BCUT2D eigenvalue weighted by Gasteiger charge is -2.37. The summed E-state index contributed by atoms with van der Waals surface area (Å²) < 4.78 is 1.79. The van der Waals surface area contributed by atoms with Gasteiger partial charge in [0.05, 0.1) is 12.0 Å². The van der Waals surface area contributed by atoms with Crippen LogP contribution in [-0.4, -0.2) is 20.5 Å². The number of nitrogens with zero attached hydrogens (tertiary/aromatic N) is 3. The van der Waals surface area contributed by atoms with Crippen LogP contribution in [0.3, 0.4) is 0 Å². The Labute approximate surface area is 159 Å². The average molecular weight is 383 g/mol. The van der Waals surface area contributed by atoms with Crippen molar-refractivity contribution >= 4 is 34.7 Å². The van der Waals surface area contributed by atoms with Gasteiger partial charge >= 0.3 is 0 Å². The number of fused-ring (bicyclic) bond motifs is 2. The van der Waals surface area contributed by atoms with Gasteiger partial charge < -0.3 is 5.32 Å². The molecule has 1 aliphatic heterocycles. The maximum atomic E-state index is 13.2. The second-order valence-corrected chi connectivity index (χ2v) is 7.96. The van der Waals surface area contributed by atoms with E-state index in [1.807, 2.05) is 35.7 Å². The van der Waals surface area contributed by atoms with Crippen molar-refractivity contribution in [1.82, 2.24) is 14.8 Å². The molecule has 1 aromatic carbocycles. The van der Waals surface area contributed by atoms with Crippen LogP contribution in [0.5, 0.6) is 0 Å². The molecular weight excluding hydrogens is 368 g/mol. The maximum Gasteiger partial charge on any atom is 0.226 e. The van der Waals surface area contributed by atoms with Gasteiger partial charge in [-0.25, -0.2) is 4.68 Å². The van der Waals surface area contributed by atoms with Crippen molar-refractivity contribution < 1.29 is 4.79 Å². The number of rotatable bonds is 2. The van der Waals surface area contributed by atoms with Crippen molar-refractivity contribution in [2.24, 2.45) is 5.92 Å². The molecule has 3 heterocycles. The van der Waals surface area contributed by atoms with Crippen molar-refractivity contribution in [2.45, 2.75) is 18.4 Å². The minimum Gasteiger partial charge on any atom is -0.328 e. The highest BCUT2D eigenvalue weighted by Crippen LogP contribution is 2.44. The molecule has 0 saturated heterocycles. The minimum atomic E-state index is -0.307. The topological polar surface area (TPSA) is 59.8 Å². The molecule has 3 atom stereocenters. The van der Waals surface area contributed by atoms with Gasteiger partial charge in [-0.2, -0.15) is 10.1 Å². The minimum absolute atomic E-state index is 0.107. The Morgan fingerprint density at radius 2 is 2.19 bits per heavy atom. The van der Waals surface area contributed by atoms with E-state index < -0.39 is 0 Å². The van der Waals surface area contributed by atoms with E-state index in [4.69, 9.17) is 11.6 Å². The summed E-state index contributed by atoms with van der Waals surface area (Å²) in [6, 6.07) is 11.5. The summed E-state index contributed by atoms with van der Waals surface area (Å²) in [5.74, 6) is 0.659. The van der Waals surface area contributed by atoms with E-state index in [1.54, 1.807) is 16.0 Å². The first-order valence-corrected chi connectivity index (χ1v) is 9.66. The van der Waals surface area contributed by atoms with Gasteiger partial charge in [0.15, 0.2) is 0 Å². The largest absolute Gasteiger partial charge is 0.328 e. The first-order chi connectivity index (χ1) is 12.7. The number of hydrogen-bond acceptors (Lipinski definition) is 5. The maximum absolute atomic E-state index is 13.2. The summed E-state index contributed by atoms with van der Waals surface area (Å²) >= 11 is 7.89. The molecule has 0 saturated carbocycles. The lowest BCUT2D eigenvalue weighted by Crippen LogP contribution is -2.40. The van der Waals surface area contributed by atoms with Crippen molar-refractivity contribution in [1.29, 1.82) is 0 Å². The Morgan fingerprint density at radius 3 is 3.00 bits per heavy atom. The molecule has 26 heavy (non-hydrogen) atoms. The molecular formula is C19H15ClN4OS. The zero-order chi connectivity index (χ0) is 17.7. The molecule has 5 nitrogen and oxygen atoms in total. The van der Waals surface area contributed by atoms with E-state index >= 15 is 0 Å². The lowest BCUT2D eigenvalue weighted by atomic mass is 9.77. The van der Waals surface area contributed by atoms with Crippen molar-refractivity contribution in [3.05, 3.63) is 75.3 Å². The standard InChI is InChI=1S/C19H15ClN4OS/c20-13-4-1-3-11(7-13)18-17-14(23-19-21-10-22-24(18)19)8-12(9-15(17)25)16-5-2-6-26-16/h1-8,10,12,17-18H,9H2,(H,21,22,23)/t12-,17+,18+/m1/s1. The highest BCUT2D eigenvalue weighted by Gasteiger charge is 2.43. The van der Waals surface area contributed by atoms with Gasteiger partial charge in [0.25, 0.3) is 0 Å². The van der Waals surface area contributed by atoms with Crippen LogP contribution in [0.4, 0.5) is 5.95 Å². The molecule has 2 aliphatic rings. The summed E-state index contributed by atoms with van der Waals surface area (Å²) in [6.07, 6.45) is 4.18. The van der Waals surface area contributed by atoms with Crippen LogP contribution in [0.2, 0.25) is 5.02 Å². The fraction of sp³-hybridized carbons (Fsp3) is 0.211. The predicted molar refractivity (Wildman–Crippen MR) is 101 cm³/mol. The smallest absolute Gasteiger partial charge is 0.226 e. The number of ketones is 1. The first-order valence-electron chi connectivity index (χ1n) is 8.40. The molecule has 0 radical (unpaired) electrons. The van der Waals surface area contributed by atoms with Crippen LogP contribution in [0.25, 0.3) is 0 Å². The van der Waals surface area contributed by atoms with E-state index in [0.717, 1.165) is 11.3 Å². The third-order valence-corrected chi connectivity index (χ3v) is 6.23. The van der Waals surface area contributed by atoms with Gasteiger partial charge in [-0.1, -0.05) is 35.9 Å². The Morgan fingerprint density at radius 1 is 1.27 bits per heavy atom. The Bertz CT molecular complexity index is 1010. The van der Waals surface area contributed by atoms with Crippen LogP contribution in [0, 0.1) is 5.92 Å². The normalized spacial score (nSPS) is 24.4. The quantitative estimate of drug-likeness (QED) is 0.719. The number of thiophene rings is 1. The second-order valence-electron chi connectivity index (χ2n) is 6.55. The number of aromatic nitrogens is 3. The highest BCUT2D eigenvalue weighted by atomic mass is 35.5. The summed E-state index contributed by atoms with van der Waals surface area (Å²) in [5, 5.41) is 10.4. The van der Waals surface area contributed by atoms with Crippen LogP contribution in [-0.2, 0) is 4.79 Å². The highest BCUT2D eigenvalue weighted by molar-refractivity contribution is 7.10. The second kappa shape index (κ2) is 6.07. The van der Waals surface area contributed by atoms with E-state index in [1.165, 1.54) is 11.2 Å². The predicted octanol–water partition coefficient (Wildman–Crippen LogP) is 4.26. The van der Waals surface area contributed by atoms with E-state index in [9.17, 15) is 4.79 Å². The van der Waals surface area contributed by atoms with Crippen LogP contribution in [0.15, 0.2) is 59.9 Å². The number of Topliss-reactive ketones (excluding diaryl/α,β-unsaturated/α-hetero) is 1. The third kappa shape index (κ3) is 2.48. The van der Waals surface area contributed by atoms with Gasteiger partial charge in [0.1, 0.15) is 12.1 Å². The summed E-state index contributed by atoms with van der Waals surface area (Å²) in [5.41, 5.74) is 1.87. The number of carbonyl (C=O) groups excluding carboxylic acids is 1. The van der Waals surface area contributed by atoms with Crippen molar-refractivity contribution in [3.8, 4) is 0 Å². The Kier molecular flexibility index (Phi) is 3.69. The fourth-order valence-corrected chi connectivity index (χ4v) is 4.88. The monoisotopic (exact) mass is 382 g/mol. The fourth-order valence-electron chi connectivity index (χ4n) is 3.88. The zero-order valence-electron chi connectivity index (χ0n) is 13.7. The molecule has 0 bridgehead atoms. The first kappa shape index (κ1) is 15.8. The molecule has 0 amide bonds. The van der Waals surface area contributed by atoms with E-state index in [-0.39, 0.29) is 23.7 Å². The molecule has 5 rings (SSSR count). The molecule has 0 fully saturated rings. The number of halogens is 1. The zero-order valence-corrected chi connectivity index (χ0v) is 15.2. The number of allylic oxidation sites excluding steroid dienone is 2. The number of carbonyl (C=O) groups is 1. The number of hydrogen-bond donors (Lipinski definition) is 1. The van der Waals surface area contributed by atoms with Gasteiger partial charge in [-0.3, -0.25) is 4.79 Å². The summed E-state index contributed by atoms with van der Waals surface area (Å²) in [6.45, 7) is 0. The van der Waals surface area contributed by atoms with Crippen LogP contribution in [0.1, 0.15) is 28.8 Å². The Hall–Kier alpha value is -2.44. The number of nitrogens with one attached hydrogen (secondary N) is 1. The van der Waals surface area contributed by atoms with Crippen molar-refractivity contribution in [2.75, 3.05) is 5.32 Å². The third-order valence-electron chi connectivity index (χ3n) is 4.99. The number of benzene rings is 1. The van der Waals surface area contributed by atoms with Crippen molar-refractivity contribution in [3.63, 3.8) is 0 Å². The average Bonchev–Trinajstić information content (AvgIpc) is 3.31. The van der Waals surface area contributed by atoms with E-state index in [0.29, 0.717) is 17.4 Å². The molecule has 130 valence electrons. The van der Waals surface area contributed by atoms with E-state index in [2.05, 4.69) is 27.5 Å². The summed E-state index contributed by atoms with van der Waals surface area (Å²) in [7, 11) is 0. The number of anilines is 1.